The molecular formula is C22H36O5. The first-order valence-corrected chi connectivity index (χ1v) is 9.67. The lowest BCUT2D eigenvalue weighted by molar-refractivity contribution is -0.140. The summed E-state index contributed by atoms with van der Waals surface area (Å²) in [6, 6.07) is 0. The van der Waals surface area contributed by atoms with Gasteiger partial charge in [0.05, 0.1) is 24.9 Å². The molecule has 0 fully saturated rings. The van der Waals surface area contributed by atoms with Crippen molar-refractivity contribution in [3.63, 3.8) is 0 Å². The molecule has 5 heteroatoms. The first kappa shape index (κ1) is 25.3. The van der Waals surface area contributed by atoms with Gasteiger partial charge in [0.1, 0.15) is 0 Å². The van der Waals surface area contributed by atoms with Crippen molar-refractivity contribution in [2.75, 3.05) is 7.11 Å². The number of hydrogen-bond acceptors (Lipinski definition) is 5. The molecule has 1 unspecified atom stereocenters. The predicted octanol–water partition coefficient (Wildman–Crippen LogP) is 3.61. The highest BCUT2D eigenvalue weighted by Crippen LogP contribution is 2.15. The SMILES string of the molecule is CCCCC[C@@H](O)[C@H](O)/C=C/C=C/C=C\C=C\C(C)(O)CCCC(=O)OC. The lowest BCUT2D eigenvalue weighted by Gasteiger charge is -2.17. The minimum absolute atomic E-state index is 0.272. The molecule has 0 aliphatic carbocycles. The first-order valence-electron chi connectivity index (χ1n) is 9.67. The molecule has 0 rings (SSSR count). The molecule has 0 aromatic heterocycles. The number of aliphatic hydroxyl groups is 3. The fourth-order valence-corrected chi connectivity index (χ4v) is 2.38. The quantitative estimate of drug-likeness (QED) is 0.243. The number of hydrogen-bond donors (Lipinski definition) is 3. The molecule has 3 N–H and O–H groups in total. The van der Waals surface area contributed by atoms with Crippen molar-refractivity contribution >= 4 is 5.97 Å². The minimum Gasteiger partial charge on any atom is -0.469 e. The fourth-order valence-electron chi connectivity index (χ4n) is 2.38. The van der Waals surface area contributed by atoms with Crippen LogP contribution in [0.1, 0.15) is 58.8 Å². The third-order valence-corrected chi connectivity index (χ3v) is 4.11. The monoisotopic (exact) mass is 380 g/mol. The van der Waals surface area contributed by atoms with Crippen molar-refractivity contribution < 1.29 is 24.9 Å². The van der Waals surface area contributed by atoms with E-state index in [4.69, 9.17) is 0 Å². The smallest absolute Gasteiger partial charge is 0.305 e. The zero-order valence-electron chi connectivity index (χ0n) is 16.9. The summed E-state index contributed by atoms with van der Waals surface area (Å²) in [6.45, 7) is 3.79. The Morgan fingerprint density at radius 3 is 2.30 bits per heavy atom. The van der Waals surface area contributed by atoms with Crippen molar-refractivity contribution in [3.8, 4) is 0 Å². The summed E-state index contributed by atoms with van der Waals surface area (Å²) in [5, 5.41) is 29.8. The second-order valence-electron chi connectivity index (χ2n) is 6.85. The maximum absolute atomic E-state index is 11.0. The molecule has 0 spiro atoms. The Labute approximate surface area is 163 Å². The summed E-state index contributed by atoms with van der Waals surface area (Å²) in [5.41, 5.74) is -0.972. The zero-order chi connectivity index (χ0) is 20.5. The zero-order valence-corrected chi connectivity index (χ0v) is 16.9. The van der Waals surface area contributed by atoms with Gasteiger partial charge in [-0.1, -0.05) is 74.8 Å². The van der Waals surface area contributed by atoms with Gasteiger partial charge in [-0.05, 0) is 26.2 Å². The van der Waals surface area contributed by atoms with Gasteiger partial charge in [-0.15, -0.1) is 0 Å². The molecule has 5 nitrogen and oxygen atoms in total. The highest BCUT2D eigenvalue weighted by molar-refractivity contribution is 5.69. The number of methoxy groups -OCH3 is 1. The Bertz CT molecular complexity index is 503. The van der Waals surface area contributed by atoms with Crippen LogP contribution in [-0.2, 0) is 9.53 Å². The van der Waals surface area contributed by atoms with E-state index >= 15 is 0 Å². The van der Waals surface area contributed by atoms with E-state index in [1.807, 2.05) is 0 Å². The second kappa shape index (κ2) is 15.4. The van der Waals surface area contributed by atoms with E-state index in [2.05, 4.69) is 11.7 Å². The van der Waals surface area contributed by atoms with Crippen molar-refractivity contribution in [3.05, 3.63) is 48.6 Å². The standard InChI is InChI=1S/C22H36O5/c1-4-5-10-14-19(23)20(24)15-11-8-6-7-9-12-17-22(2,26)18-13-16-21(25)27-3/h6-9,11-12,15,17,19-20,23-24,26H,4-5,10,13-14,16,18H2,1-3H3/b8-6+,9-7-,15-11+,17-12+/t19-,20-,22?/m1/s1. The number of carbonyl (C=O) groups excluding carboxylic acids is 1. The molecule has 27 heavy (non-hydrogen) atoms. The molecule has 0 aromatic rings. The molecule has 3 atom stereocenters. The third kappa shape index (κ3) is 15.1. The van der Waals surface area contributed by atoms with E-state index in [1.165, 1.54) is 7.11 Å². The van der Waals surface area contributed by atoms with Gasteiger partial charge >= 0.3 is 5.97 Å². The molecule has 0 aromatic carbocycles. The molecule has 0 saturated carbocycles. The Kier molecular flexibility index (Phi) is 14.4. The predicted molar refractivity (Wildman–Crippen MR) is 109 cm³/mol. The summed E-state index contributed by atoms with van der Waals surface area (Å²) >= 11 is 0. The maximum atomic E-state index is 11.0. The summed E-state index contributed by atoms with van der Waals surface area (Å²) in [7, 11) is 1.35. The van der Waals surface area contributed by atoms with Crippen LogP contribution in [0.4, 0.5) is 0 Å². The highest BCUT2D eigenvalue weighted by Gasteiger charge is 2.16. The van der Waals surface area contributed by atoms with E-state index in [0.717, 1.165) is 19.3 Å². The average molecular weight is 381 g/mol. The highest BCUT2D eigenvalue weighted by atomic mass is 16.5. The van der Waals surface area contributed by atoms with Gasteiger partial charge < -0.3 is 20.1 Å². The summed E-state index contributed by atoms with van der Waals surface area (Å²) < 4.78 is 4.57. The van der Waals surface area contributed by atoms with Gasteiger partial charge in [-0.2, -0.15) is 0 Å². The van der Waals surface area contributed by atoms with Gasteiger partial charge in [-0.3, -0.25) is 4.79 Å². The van der Waals surface area contributed by atoms with Gasteiger partial charge in [0.25, 0.3) is 0 Å². The molecule has 154 valence electrons. The van der Waals surface area contributed by atoms with Crippen LogP contribution in [0.2, 0.25) is 0 Å². The van der Waals surface area contributed by atoms with Crippen molar-refractivity contribution in [2.45, 2.75) is 76.6 Å². The summed E-state index contributed by atoms with van der Waals surface area (Å²) in [5.74, 6) is -0.272. The first-order chi connectivity index (χ1) is 12.8. The molecule has 0 aliphatic heterocycles. The van der Waals surface area contributed by atoms with Crippen LogP contribution in [0.15, 0.2) is 48.6 Å². The van der Waals surface area contributed by atoms with Gasteiger partial charge in [0.2, 0.25) is 0 Å². The number of ether oxygens (including phenoxy) is 1. The summed E-state index contributed by atoms with van der Waals surface area (Å²) in [4.78, 5) is 11.0. The minimum atomic E-state index is -0.972. The number of aliphatic hydroxyl groups excluding tert-OH is 2. The van der Waals surface area contributed by atoms with Crippen LogP contribution < -0.4 is 0 Å². The number of rotatable bonds is 14. The summed E-state index contributed by atoms with van der Waals surface area (Å²) in [6.07, 6.45) is 17.3. The van der Waals surface area contributed by atoms with E-state index in [0.29, 0.717) is 25.7 Å². The van der Waals surface area contributed by atoms with E-state index in [1.54, 1.807) is 55.5 Å². The second-order valence-corrected chi connectivity index (χ2v) is 6.85. The molecule has 0 bridgehead atoms. The van der Waals surface area contributed by atoms with Gasteiger partial charge in [0.15, 0.2) is 0 Å². The van der Waals surface area contributed by atoms with Crippen LogP contribution in [0.25, 0.3) is 0 Å². The van der Waals surface area contributed by atoms with Crippen LogP contribution >= 0.6 is 0 Å². The van der Waals surface area contributed by atoms with E-state index in [-0.39, 0.29) is 5.97 Å². The van der Waals surface area contributed by atoms with Crippen molar-refractivity contribution in [1.29, 1.82) is 0 Å². The Morgan fingerprint density at radius 1 is 1.04 bits per heavy atom. The van der Waals surface area contributed by atoms with Gasteiger partial charge in [-0.25, -0.2) is 0 Å². The Hall–Kier alpha value is -1.69. The molecule has 0 saturated heterocycles. The van der Waals surface area contributed by atoms with Crippen molar-refractivity contribution in [2.24, 2.45) is 0 Å². The molecule has 0 amide bonds. The van der Waals surface area contributed by atoms with Gasteiger partial charge in [0, 0.05) is 6.42 Å². The van der Waals surface area contributed by atoms with Crippen LogP contribution in [-0.4, -0.2) is 46.2 Å². The fraction of sp³-hybridized carbons (Fsp3) is 0.591. The third-order valence-electron chi connectivity index (χ3n) is 4.11. The molecular weight excluding hydrogens is 344 g/mol. The largest absolute Gasteiger partial charge is 0.469 e. The van der Waals surface area contributed by atoms with Crippen LogP contribution in [0.3, 0.4) is 0 Å². The number of allylic oxidation sites excluding steroid dienone is 6. The van der Waals surface area contributed by atoms with Crippen LogP contribution in [0.5, 0.6) is 0 Å². The topological polar surface area (TPSA) is 87.0 Å². The number of unbranched alkanes of at least 4 members (excludes halogenated alkanes) is 2. The number of carbonyl (C=O) groups is 1. The lowest BCUT2D eigenvalue weighted by atomic mass is 9.98. The average Bonchev–Trinajstić information content (AvgIpc) is 2.63. The number of esters is 1. The van der Waals surface area contributed by atoms with Crippen molar-refractivity contribution in [1.82, 2.24) is 0 Å². The Balaban J connectivity index is 4.14. The lowest BCUT2D eigenvalue weighted by Crippen LogP contribution is -2.23. The molecule has 0 heterocycles. The Morgan fingerprint density at radius 2 is 1.67 bits per heavy atom. The molecule has 0 radical (unpaired) electrons. The van der Waals surface area contributed by atoms with E-state index < -0.39 is 17.8 Å². The normalized spacial score (nSPS) is 17.1. The maximum Gasteiger partial charge on any atom is 0.305 e. The van der Waals surface area contributed by atoms with Crippen LogP contribution in [0, 0.1) is 0 Å². The molecule has 0 aliphatic rings. The van der Waals surface area contributed by atoms with E-state index in [9.17, 15) is 20.1 Å².